The van der Waals surface area contributed by atoms with Gasteiger partial charge in [-0.05, 0) is 55.3 Å². The molecule has 0 aliphatic heterocycles. The van der Waals surface area contributed by atoms with Gasteiger partial charge in [0.1, 0.15) is 5.75 Å². The molecule has 6 heteroatoms. The fourth-order valence-electron chi connectivity index (χ4n) is 2.17. The lowest BCUT2D eigenvalue weighted by molar-refractivity contribution is -0.150. The third-order valence-corrected chi connectivity index (χ3v) is 4.71. The molecule has 0 aromatic heterocycles. The Morgan fingerprint density at radius 2 is 1.73 bits per heavy atom. The zero-order valence-electron chi connectivity index (χ0n) is 15.2. The topological polar surface area (TPSA) is 64.6 Å². The highest BCUT2D eigenvalue weighted by Crippen LogP contribution is 2.21. The van der Waals surface area contributed by atoms with Crippen LogP contribution in [0.1, 0.15) is 19.4 Å². The van der Waals surface area contributed by atoms with Crippen LogP contribution in [0, 0.1) is 0 Å². The van der Waals surface area contributed by atoms with Crippen LogP contribution >= 0.6 is 11.8 Å². The standard InChI is InChI=1S/C20H23NO4S/c1-4-15-5-7-16(8-6-15)21-20(23)14(2)25-19(22)13-26-18-11-9-17(24-3)10-12-18/h5-12,14H,4,13H2,1-3H3,(H,21,23)/t14-/m0/s1. The number of aryl methyl sites for hydroxylation is 1. The maximum absolute atomic E-state index is 12.1. The molecule has 2 aromatic carbocycles. The second-order valence-electron chi connectivity index (χ2n) is 5.64. The highest BCUT2D eigenvalue weighted by atomic mass is 32.2. The molecule has 1 N–H and O–H groups in total. The van der Waals surface area contributed by atoms with Crippen molar-refractivity contribution in [3.8, 4) is 5.75 Å². The molecular weight excluding hydrogens is 350 g/mol. The molecule has 2 rings (SSSR count). The van der Waals surface area contributed by atoms with Gasteiger partial charge in [-0.2, -0.15) is 0 Å². The van der Waals surface area contributed by atoms with Crippen LogP contribution in [0.4, 0.5) is 5.69 Å². The van der Waals surface area contributed by atoms with Gasteiger partial charge in [-0.15, -0.1) is 11.8 Å². The average molecular weight is 373 g/mol. The molecule has 2 aromatic rings. The number of amides is 1. The Kier molecular flexibility index (Phi) is 7.53. The fraction of sp³-hybridized carbons (Fsp3) is 0.300. The largest absolute Gasteiger partial charge is 0.497 e. The Bertz CT molecular complexity index is 728. The summed E-state index contributed by atoms with van der Waals surface area (Å²) >= 11 is 1.35. The third kappa shape index (κ3) is 6.11. The van der Waals surface area contributed by atoms with Gasteiger partial charge in [0.2, 0.25) is 0 Å². The van der Waals surface area contributed by atoms with Gasteiger partial charge in [0, 0.05) is 10.6 Å². The van der Waals surface area contributed by atoms with E-state index in [0.29, 0.717) is 5.69 Å². The van der Waals surface area contributed by atoms with Crippen molar-refractivity contribution in [2.75, 3.05) is 18.2 Å². The van der Waals surface area contributed by atoms with E-state index in [1.807, 2.05) is 48.5 Å². The SMILES string of the molecule is CCc1ccc(NC(=O)[C@H](C)OC(=O)CSc2ccc(OC)cc2)cc1. The Morgan fingerprint density at radius 3 is 2.31 bits per heavy atom. The van der Waals surface area contributed by atoms with Gasteiger partial charge in [0.05, 0.1) is 12.9 Å². The lowest BCUT2D eigenvalue weighted by Gasteiger charge is -2.13. The number of benzene rings is 2. The van der Waals surface area contributed by atoms with E-state index in [4.69, 9.17) is 9.47 Å². The molecule has 0 saturated carbocycles. The van der Waals surface area contributed by atoms with Crippen LogP contribution in [0.15, 0.2) is 53.4 Å². The maximum Gasteiger partial charge on any atom is 0.317 e. The molecule has 0 spiro atoms. The van der Waals surface area contributed by atoms with Crippen molar-refractivity contribution >= 4 is 29.3 Å². The number of nitrogens with one attached hydrogen (secondary N) is 1. The van der Waals surface area contributed by atoms with Crippen LogP contribution in [0.5, 0.6) is 5.75 Å². The summed E-state index contributed by atoms with van der Waals surface area (Å²) < 4.78 is 10.3. The summed E-state index contributed by atoms with van der Waals surface area (Å²) in [5.74, 6) is 0.107. The second-order valence-corrected chi connectivity index (χ2v) is 6.68. The number of anilines is 1. The summed E-state index contributed by atoms with van der Waals surface area (Å²) in [7, 11) is 1.60. The van der Waals surface area contributed by atoms with Crippen LogP contribution in [0.25, 0.3) is 0 Å². The molecule has 0 unspecified atom stereocenters. The summed E-state index contributed by atoms with van der Waals surface area (Å²) in [5, 5.41) is 2.75. The van der Waals surface area contributed by atoms with Crippen LogP contribution in [-0.2, 0) is 20.7 Å². The van der Waals surface area contributed by atoms with Crippen molar-refractivity contribution in [2.24, 2.45) is 0 Å². The highest BCUT2D eigenvalue weighted by Gasteiger charge is 2.18. The van der Waals surface area contributed by atoms with Gasteiger partial charge in [0.15, 0.2) is 6.10 Å². The number of hydrogen-bond donors (Lipinski definition) is 1. The van der Waals surface area contributed by atoms with Gasteiger partial charge < -0.3 is 14.8 Å². The quantitative estimate of drug-likeness (QED) is 0.561. The maximum atomic E-state index is 12.1. The normalized spacial score (nSPS) is 11.5. The van der Waals surface area contributed by atoms with Crippen LogP contribution < -0.4 is 10.1 Å². The number of carbonyl (C=O) groups excluding carboxylic acids is 2. The molecule has 26 heavy (non-hydrogen) atoms. The Hall–Kier alpha value is -2.47. The van der Waals surface area contributed by atoms with Crippen molar-refractivity contribution in [1.29, 1.82) is 0 Å². The average Bonchev–Trinajstić information content (AvgIpc) is 2.67. The van der Waals surface area contributed by atoms with Gasteiger partial charge in [-0.25, -0.2) is 0 Å². The molecule has 0 aliphatic rings. The van der Waals surface area contributed by atoms with Gasteiger partial charge in [-0.1, -0.05) is 19.1 Å². The zero-order chi connectivity index (χ0) is 18.9. The first kappa shape index (κ1) is 19.8. The number of carbonyl (C=O) groups is 2. The van der Waals surface area contributed by atoms with Crippen molar-refractivity contribution in [2.45, 2.75) is 31.3 Å². The van der Waals surface area contributed by atoms with Crippen LogP contribution in [-0.4, -0.2) is 30.8 Å². The van der Waals surface area contributed by atoms with E-state index in [1.165, 1.54) is 17.3 Å². The molecule has 5 nitrogen and oxygen atoms in total. The van der Waals surface area contributed by atoms with Crippen molar-refractivity contribution in [1.82, 2.24) is 0 Å². The minimum atomic E-state index is -0.857. The number of ether oxygens (including phenoxy) is 2. The first-order chi connectivity index (χ1) is 12.5. The fourth-order valence-corrected chi connectivity index (χ4v) is 2.85. The van der Waals surface area contributed by atoms with Crippen molar-refractivity contribution in [3.63, 3.8) is 0 Å². The number of thioether (sulfide) groups is 1. The van der Waals surface area contributed by atoms with Gasteiger partial charge in [-0.3, -0.25) is 9.59 Å². The van der Waals surface area contributed by atoms with E-state index in [2.05, 4.69) is 12.2 Å². The molecular formula is C20H23NO4S. The summed E-state index contributed by atoms with van der Waals surface area (Å²) in [5.41, 5.74) is 1.88. The van der Waals surface area contributed by atoms with Gasteiger partial charge >= 0.3 is 5.97 Å². The summed E-state index contributed by atoms with van der Waals surface area (Å²) in [4.78, 5) is 25.0. The third-order valence-electron chi connectivity index (χ3n) is 3.72. The summed E-state index contributed by atoms with van der Waals surface area (Å²) in [6, 6.07) is 15.0. The van der Waals surface area contributed by atoms with E-state index in [-0.39, 0.29) is 11.7 Å². The first-order valence-corrected chi connectivity index (χ1v) is 9.36. The molecule has 0 heterocycles. The van der Waals surface area contributed by atoms with Gasteiger partial charge in [0.25, 0.3) is 5.91 Å². The van der Waals surface area contributed by atoms with Crippen molar-refractivity contribution in [3.05, 3.63) is 54.1 Å². The lowest BCUT2D eigenvalue weighted by Crippen LogP contribution is -2.30. The van der Waals surface area contributed by atoms with Crippen molar-refractivity contribution < 1.29 is 19.1 Å². The number of rotatable bonds is 8. The highest BCUT2D eigenvalue weighted by molar-refractivity contribution is 8.00. The zero-order valence-corrected chi connectivity index (χ0v) is 16.0. The Morgan fingerprint density at radius 1 is 1.08 bits per heavy atom. The molecule has 1 atom stereocenters. The van der Waals surface area contributed by atoms with E-state index >= 15 is 0 Å². The molecule has 0 saturated heterocycles. The molecule has 0 fully saturated rings. The van der Waals surface area contributed by atoms with Crippen LogP contribution in [0.2, 0.25) is 0 Å². The minimum absolute atomic E-state index is 0.134. The summed E-state index contributed by atoms with van der Waals surface area (Å²) in [6.07, 6.45) is 0.0819. The predicted molar refractivity (Wildman–Crippen MR) is 104 cm³/mol. The van der Waals surface area contributed by atoms with E-state index in [9.17, 15) is 9.59 Å². The predicted octanol–water partition coefficient (Wildman–Crippen LogP) is 3.92. The molecule has 1 amide bonds. The van der Waals surface area contributed by atoms with Crippen LogP contribution in [0.3, 0.4) is 0 Å². The molecule has 0 radical (unpaired) electrons. The first-order valence-electron chi connectivity index (χ1n) is 8.38. The molecule has 138 valence electrons. The number of esters is 1. The molecule has 0 aliphatic carbocycles. The number of methoxy groups -OCH3 is 1. The van der Waals surface area contributed by atoms with E-state index in [1.54, 1.807) is 14.0 Å². The minimum Gasteiger partial charge on any atom is -0.497 e. The monoisotopic (exact) mass is 373 g/mol. The Labute approximate surface area is 158 Å². The Balaban J connectivity index is 1.78. The van der Waals surface area contributed by atoms with E-state index in [0.717, 1.165) is 17.1 Å². The second kappa shape index (κ2) is 9.87. The lowest BCUT2D eigenvalue weighted by atomic mass is 10.1. The smallest absolute Gasteiger partial charge is 0.317 e. The number of hydrogen-bond acceptors (Lipinski definition) is 5. The van der Waals surface area contributed by atoms with E-state index < -0.39 is 12.1 Å². The summed E-state index contributed by atoms with van der Waals surface area (Å²) in [6.45, 7) is 3.63. The molecule has 0 bridgehead atoms.